The molecule has 0 bridgehead atoms. The molecule has 15 nitrogen and oxygen atoms in total. The first-order valence-corrected chi connectivity index (χ1v) is 11.2. The zero-order chi connectivity index (χ0) is 28.1. The number of carboxylic acid groups (broad SMARTS) is 2. The van der Waals surface area contributed by atoms with Crippen molar-refractivity contribution < 1.29 is 39.3 Å². The van der Waals surface area contributed by atoms with Gasteiger partial charge in [0.2, 0.25) is 17.7 Å². The van der Waals surface area contributed by atoms with Crippen molar-refractivity contribution in [2.24, 2.45) is 22.2 Å². The van der Waals surface area contributed by atoms with E-state index in [-0.39, 0.29) is 37.5 Å². The summed E-state index contributed by atoms with van der Waals surface area (Å²) in [4.78, 5) is 64.4. The summed E-state index contributed by atoms with van der Waals surface area (Å²) in [7, 11) is 0. The molecule has 204 valence electrons. The third-order valence-corrected chi connectivity index (χ3v) is 4.99. The van der Waals surface area contributed by atoms with Crippen LogP contribution in [0.4, 0.5) is 0 Å². The molecule has 1 aromatic carbocycles. The average molecular weight is 524 g/mol. The lowest BCUT2D eigenvalue weighted by Crippen LogP contribution is -2.57. The summed E-state index contributed by atoms with van der Waals surface area (Å²) < 4.78 is 0. The molecular weight excluding hydrogens is 490 g/mol. The van der Waals surface area contributed by atoms with Crippen LogP contribution in [-0.4, -0.2) is 81.7 Å². The topological polar surface area (TPSA) is 273 Å². The Balaban J connectivity index is 3.13. The van der Waals surface area contributed by atoms with Gasteiger partial charge in [-0.25, -0.2) is 4.79 Å². The summed E-state index contributed by atoms with van der Waals surface area (Å²) in [6.07, 6.45) is -0.754. The quantitative estimate of drug-likeness (QED) is 0.0650. The van der Waals surface area contributed by atoms with Crippen LogP contribution in [0.2, 0.25) is 0 Å². The molecule has 37 heavy (non-hydrogen) atoms. The fraction of sp³-hybridized carbons (Fsp3) is 0.455. The van der Waals surface area contributed by atoms with Gasteiger partial charge in [-0.05, 0) is 37.5 Å². The lowest BCUT2D eigenvalue weighted by molar-refractivity contribution is -0.147. The van der Waals surface area contributed by atoms with E-state index in [4.69, 9.17) is 22.3 Å². The number of carbonyl (C=O) groups excluding carboxylic acids is 3. The number of phenolic OH excluding ortho intramolecular Hbond substituents is 1. The molecule has 0 fully saturated rings. The number of amides is 3. The van der Waals surface area contributed by atoms with Gasteiger partial charge in [0.15, 0.2) is 5.96 Å². The number of hydrogen-bond donors (Lipinski definition) is 9. The molecule has 0 saturated carbocycles. The lowest BCUT2D eigenvalue weighted by atomic mass is 10.0. The number of nitrogens with one attached hydrogen (secondary N) is 3. The second-order valence-electron chi connectivity index (χ2n) is 8.23. The Hall–Kier alpha value is -4.40. The molecule has 4 unspecified atom stereocenters. The van der Waals surface area contributed by atoms with E-state index < -0.39 is 60.2 Å². The summed E-state index contributed by atoms with van der Waals surface area (Å²) in [6, 6.07) is 0.677. The van der Waals surface area contributed by atoms with Gasteiger partial charge in [-0.2, -0.15) is 0 Å². The molecule has 0 heterocycles. The maximum absolute atomic E-state index is 13.2. The molecule has 12 N–H and O–H groups in total. The molecule has 1 rings (SSSR count). The van der Waals surface area contributed by atoms with E-state index >= 15 is 0 Å². The molecule has 0 spiro atoms. The molecule has 0 saturated heterocycles. The summed E-state index contributed by atoms with van der Waals surface area (Å²) in [6.45, 7) is 1.51. The number of nitrogens with zero attached hydrogens (tertiary/aromatic N) is 1. The summed E-state index contributed by atoms with van der Waals surface area (Å²) in [5, 5.41) is 34.7. The number of phenols is 1. The minimum atomic E-state index is -1.74. The highest BCUT2D eigenvalue weighted by Gasteiger charge is 2.30. The van der Waals surface area contributed by atoms with Crippen molar-refractivity contribution >= 4 is 35.6 Å². The van der Waals surface area contributed by atoms with E-state index in [9.17, 15) is 34.2 Å². The second kappa shape index (κ2) is 14.9. The van der Waals surface area contributed by atoms with Gasteiger partial charge in [0.25, 0.3) is 0 Å². The van der Waals surface area contributed by atoms with E-state index in [1.54, 1.807) is 0 Å². The van der Waals surface area contributed by atoms with E-state index in [2.05, 4.69) is 20.9 Å². The SMILES string of the molecule is CC(N)C(=O)NC(Cc1ccc(O)cc1)C(=O)NC(CCCN=C(N)N)C(=O)NC(CC(=O)O)C(=O)O. The van der Waals surface area contributed by atoms with E-state index in [0.29, 0.717) is 5.56 Å². The first-order chi connectivity index (χ1) is 17.3. The van der Waals surface area contributed by atoms with Crippen molar-refractivity contribution in [3.8, 4) is 5.75 Å². The van der Waals surface area contributed by atoms with Crippen molar-refractivity contribution in [2.75, 3.05) is 6.54 Å². The van der Waals surface area contributed by atoms with Gasteiger partial charge >= 0.3 is 11.9 Å². The fourth-order valence-electron chi connectivity index (χ4n) is 3.07. The molecule has 0 radical (unpaired) electrons. The van der Waals surface area contributed by atoms with Crippen molar-refractivity contribution in [3.63, 3.8) is 0 Å². The van der Waals surface area contributed by atoms with Gasteiger partial charge in [0, 0.05) is 13.0 Å². The van der Waals surface area contributed by atoms with E-state index in [1.807, 2.05) is 0 Å². The molecule has 1 aromatic rings. The van der Waals surface area contributed by atoms with Gasteiger partial charge < -0.3 is 48.5 Å². The molecule has 0 aliphatic rings. The Bertz CT molecular complexity index is 993. The number of hydrogen-bond acceptors (Lipinski definition) is 8. The van der Waals surface area contributed by atoms with Gasteiger partial charge in [0.05, 0.1) is 12.5 Å². The minimum absolute atomic E-state index is 0.00350. The standard InChI is InChI=1S/C22H33N7O8/c1-11(23)18(33)28-15(9-12-4-6-13(30)7-5-12)20(35)27-14(3-2-8-26-22(24)25)19(34)29-16(21(36)37)10-17(31)32/h4-7,11,14-16,30H,2-3,8-10,23H2,1H3,(H,27,35)(H,28,33)(H,29,34)(H,31,32)(H,36,37)(H4,24,25,26). The smallest absolute Gasteiger partial charge is 0.326 e. The maximum atomic E-state index is 13.2. The fourth-order valence-corrected chi connectivity index (χ4v) is 3.07. The number of benzene rings is 1. The Morgan fingerprint density at radius 2 is 1.43 bits per heavy atom. The van der Waals surface area contributed by atoms with Crippen LogP contribution in [0.3, 0.4) is 0 Å². The Labute approximate surface area is 212 Å². The number of carboxylic acids is 2. The summed E-state index contributed by atoms with van der Waals surface area (Å²) >= 11 is 0. The molecule has 4 atom stereocenters. The van der Waals surface area contributed by atoms with Gasteiger partial charge in [-0.1, -0.05) is 12.1 Å². The Kier molecular flexibility index (Phi) is 12.3. The third-order valence-electron chi connectivity index (χ3n) is 4.99. The number of aliphatic carboxylic acids is 2. The summed E-state index contributed by atoms with van der Waals surface area (Å²) in [5.41, 5.74) is 16.7. The van der Waals surface area contributed by atoms with Crippen LogP contribution in [0.1, 0.15) is 31.7 Å². The molecular formula is C22H33N7O8. The van der Waals surface area contributed by atoms with E-state index in [1.165, 1.54) is 31.2 Å². The second-order valence-corrected chi connectivity index (χ2v) is 8.23. The molecule has 0 aliphatic carbocycles. The molecule has 0 aromatic heterocycles. The van der Waals surface area contributed by atoms with Gasteiger partial charge in [-0.15, -0.1) is 0 Å². The zero-order valence-electron chi connectivity index (χ0n) is 20.2. The number of guanidine groups is 1. The minimum Gasteiger partial charge on any atom is -0.508 e. The maximum Gasteiger partial charge on any atom is 0.326 e. The van der Waals surface area contributed by atoms with Crippen molar-refractivity contribution in [3.05, 3.63) is 29.8 Å². The summed E-state index contributed by atoms with van der Waals surface area (Å²) in [5.74, 6) is -5.59. The lowest BCUT2D eigenvalue weighted by Gasteiger charge is -2.25. The van der Waals surface area contributed by atoms with Crippen LogP contribution >= 0.6 is 0 Å². The molecule has 15 heteroatoms. The van der Waals surface area contributed by atoms with Crippen molar-refractivity contribution in [1.82, 2.24) is 16.0 Å². The van der Waals surface area contributed by atoms with Gasteiger partial charge in [0.1, 0.15) is 23.9 Å². The van der Waals surface area contributed by atoms with E-state index in [0.717, 1.165) is 0 Å². The van der Waals surface area contributed by atoms with Crippen LogP contribution < -0.4 is 33.2 Å². The largest absolute Gasteiger partial charge is 0.508 e. The number of nitrogens with two attached hydrogens (primary N) is 3. The van der Waals surface area contributed by atoms with Crippen LogP contribution in [0, 0.1) is 0 Å². The first kappa shape index (κ1) is 30.6. The Morgan fingerprint density at radius 3 is 1.95 bits per heavy atom. The number of aromatic hydroxyl groups is 1. The van der Waals surface area contributed by atoms with Crippen LogP contribution in [0.25, 0.3) is 0 Å². The monoisotopic (exact) mass is 523 g/mol. The van der Waals surface area contributed by atoms with Gasteiger partial charge in [-0.3, -0.25) is 24.2 Å². The van der Waals surface area contributed by atoms with Crippen molar-refractivity contribution in [1.29, 1.82) is 0 Å². The highest BCUT2D eigenvalue weighted by molar-refractivity contribution is 5.94. The highest BCUT2D eigenvalue weighted by atomic mass is 16.4. The number of aliphatic imine (C=N–C) groups is 1. The van der Waals surface area contributed by atoms with Crippen LogP contribution in [0.15, 0.2) is 29.3 Å². The Morgan fingerprint density at radius 1 is 0.892 bits per heavy atom. The van der Waals surface area contributed by atoms with Crippen molar-refractivity contribution in [2.45, 2.75) is 56.8 Å². The highest BCUT2D eigenvalue weighted by Crippen LogP contribution is 2.12. The number of rotatable bonds is 15. The normalized spacial score (nSPS) is 13.8. The first-order valence-electron chi connectivity index (χ1n) is 11.2. The van der Waals surface area contributed by atoms with Crippen LogP contribution in [0.5, 0.6) is 5.75 Å². The number of carbonyl (C=O) groups is 5. The molecule has 3 amide bonds. The average Bonchev–Trinajstić information content (AvgIpc) is 2.80. The third kappa shape index (κ3) is 11.7. The predicted octanol–water partition coefficient (Wildman–Crippen LogP) is -2.65. The zero-order valence-corrected chi connectivity index (χ0v) is 20.2. The predicted molar refractivity (Wildman–Crippen MR) is 131 cm³/mol. The van der Waals surface area contributed by atoms with Crippen LogP contribution in [-0.2, 0) is 30.4 Å². The molecule has 0 aliphatic heterocycles.